The van der Waals surface area contributed by atoms with Gasteiger partial charge >= 0.3 is 5.97 Å². The second-order valence-electron chi connectivity index (χ2n) is 5.76. The lowest BCUT2D eigenvalue weighted by molar-refractivity contribution is 0.0693. The summed E-state index contributed by atoms with van der Waals surface area (Å²) in [6.07, 6.45) is 7.59. The van der Waals surface area contributed by atoms with Crippen LogP contribution in [0.2, 0.25) is 0 Å². The van der Waals surface area contributed by atoms with E-state index in [-0.39, 0.29) is 0 Å². The molecule has 2 aliphatic rings. The number of carboxylic acids is 1. The fourth-order valence-corrected chi connectivity index (χ4v) is 3.59. The van der Waals surface area contributed by atoms with Crippen LogP contribution in [-0.2, 0) is 13.0 Å². The smallest absolute Gasteiger partial charge is 0.335 e. The first kappa shape index (κ1) is 12.7. The molecular formula is C16H21NO2. The highest BCUT2D eigenvalue weighted by Gasteiger charge is 2.26. The van der Waals surface area contributed by atoms with E-state index in [0.717, 1.165) is 31.1 Å². The van der Waals surface area contributed by atoms with Crippen molar-refractivity contribution in [1.29, 1.82) is 0 Å². The summed E-state index contributed by atoms with van der Waals surface area (Å²) in [4.78, 5) is 13.8. The van der Waals surface area contributed by atoms with E-state index in [2.05, 4.69) is 11.0 Å². The first-order chi connectivity index (χ1) is 9.25. The maximum absolute atomic E-state index is 11.2. The fourth-order valence-electron chi connectivity index (χ4n) is 3.59. The van der Waals surface area contributed by atoms with E-state index in [1.54, 1.807) is 6.07 Å². The van der Waals surface area contributed by atoms with Gasteiger partial charge in [-0.25, -0.2) is 4.79 Å². The summed E-state index contributed by atoms with van der Waals surface area (Å²) in [7, 11) is 0. The van der Waals surface area contributed by atoms with Crippen molar-refractivity contribution < 1.29 is 9.90 Å². The number of hydrogen-bond acceptors (Lipinski definition) is 2. The Bertz CT molecular complexity index is 478. The van der Waals surface area contributed by atoms with Gasteiger partial charge in [0.15, 0.2) is 0 Å². The van der Waals surface area contributed by atoms with Crippen LogP contribution < -0.4 is 0 Å². The van der Waals surface area contributed by atoms with E-state index in [0.29, 0.717) is 5.56 Å². The number of carboxylic acid groups (broad SMARTS) is 1. The number of fused-ring (bicyclic) bond motifs is 1. The molecule has 0 radical (unpaired) electrons. The number of aromatic carboxylic acids is 1. The number of rotatable bonds is 2. The van der Waals surface area contributed by atoms with Crippen LogP contribution >= 0.6 is 0 Å². The van der Waals surface area contributed by atoms with Gasteiger partial charge in [-0.3, -0.25) is 4.90 Å². The molecule has 1 N–H and O–H groups in total. The summed E-state index contributed by atoms with van der Waals surface area (Å²) < 4.78 is 0. The van der Waals surface area contributed by atoms with Crippen LogP contribution in [0.4, 0.5) is 0 Å². The van der Waals surface area contributed by atoms with Crippen molar-refractivity contribution in [2.24, 2.45) is 0 Å². The first-order valence-electron chi connectivity index (χ1n) is 7.34. The molecule has 0 unspecified atom stereocenters. The predicted octanol–water partition coefficient (Wildman–Crippen LogP) is 3.08. The Balaban J connectivity index is 1.80. The van der Waals surface area contributed by atoms with Crippen molar-refractivity contribution in [3.05, 3.63) is 34.9 Å². The van der Waals surface area contributed by atoms with E-state index in [1.165, 1.54) is 37.7 Å². The summed E-state index contributed by atoms with van der Waals surface area (Å²) in [5, 5.41) is 9.24. The maximum atomic E-state index is 11.2. The molecule has 3 rings (SSSR count). The van der Waals surface area contributed by atoms with Crippen LogP contribution in [0.15, 0.2) is 18.2 Å². The molecule has 0 saturated heterocycles. The van der Waals surface area contributed by atoms with Crippen molar-refractivity contribution in [2.75, 3.05) is 6.54 Å². The van der Waals surface area contributed by atoms with Crippen LogP contribution in [0.1, 0.15) is 53.6 Å². The van der Waals surface area contributed by atoms with Crippen molar-refractivity contribution in [1.82, 2.24) is 4.90 Å². The molecule has 0 atom stereocenters. The average Bonchev–Trinajstić information content (AvgIpc) is 2.47. The molecule has 102 valence electrons. The highest BCUT2D eigenvalue weighted by molar-refractivity contribution is 5.89. The van der Waals surface area contributed by atoms with Gasteiger partial charge in [-0.1, -0.05) is 31.4 Å². The lowest BCUT2D eigenvalue weighted by Gasteiger charge is -2.38. The first-order valence-corrected chi connectivity index (χ1v) is 7.34. The number of carbonyl (C=O) groups is 1. The van der Waals surface area contributed by atoms with Gasteiger partial charge in [0.2, 0.25) is 0 Å². The molecule has 0 amide bonds. The molecule has 0 bridgehead atoms. The van der Waals surface area contributed by atoms with Gasteiger partial charge in [-0.2, -0.15) is 0 Å². The second kappa shape index (κ2) is 5.33. The molecule has 1 fully saturated rings. The molecule has 1 aromatic carbocycles. The van der Waals surface area contributed by atoms with Crippen molar-refractivity contribution in [2.45, 2.75) is 51.1 Å². The van der Waals surface area contributed by atoms with Crippen molar-refractivity contribution in [3.63, 3.8) is 0 Å². The van der Waals surface area contributed by atoms with Gasteiger partial charge < -0.3 is 5.11 Å². The Morgan fingerprint density at radius 3 is 2.74 bits per heavy atom. The van der Waals surface area contributed by atoms with Crippen molar-refractivity contribution in [3.8, 4) is 0 Å². The van der Waals surface area contributed by atoms with E-state index >= 15 is 0 Å². The minimum atomic E-state index is -0.789. The van der Waals surface area contributed by atoms with Gasteiger partial charge in [0.25, 0.3) is 0 Å². The molecule has 3 nitrogen and oxygen atoms in total. The van der Waals surface area contributed by atoms with Gasteiger partial charge in [0.05, 0.1) is 5.56 Å². The number of hydrogen-bond donors (Lipinski definition) is 1. The topological polar surface area (TPSA) is 40.5 Å². The zero-order chi connectivity index (χ0) is 13.2. The van der Waals surface area contributed by atoms with E-state index in [1.807, 2.05) is 6.07 Å². The van der Waals surface area contributed by atoms with Crippen LogP contribution in [-0.4, -0.2) is 28.6 Å². The Morgan fingerprint density at radius 1 is 1.21 bits per heavy atom. The van der Waals surface area contributed by atoms with Crippen LogP contribution in [0, 0.1) is 0 Å². The Kier molecular flexibility index (Phi) is 3.56. The normalized spacial score (nSPS) is 21.1. The molecule has 1 aliphatic carbocycles. The lowest BCUT2D eigenvalue weighted by atomic mass is 9.89. The molecule has 3 heteroatoms. The second-order valence-corrected chi connectivity index (χ2v) is 5.76. The minimum absolute atomic E-state index is 0.501. The number of benzene rings is 1. The molecule has 1 saturated carbocycles. The summed E-state index contributed by atoms with van der Waals surface area (Å²) >= 11 is 0. The quantitative estimate of drug-likeness (QED) is 0.887. The Labute approximate surface area is 114 Å². The lowest BCUT2D eigenvalue weighted by Crippen LogP contribution is -2.40. The van der Waals surface area contributed by atoms with E-state index in [9.17, 15) is 9.90 Å². The van der Waals surface area contributed by atoms with Crippen LogP contribution in [0.25, 0.3) is 0 Å². The highest BCUT2D eigenvalue weighted by Crippen LogP contribution is 2.29. The van der Waals surface area contributed by atoms with E-state index < -0.39 is 5.97 Å². The Hall–Kier alpha value is -1.35. The molecule has 1 heterocycles. The minimum Gasteiger partial charge on any atom is -0.478 e. The fraction of sp³-hybridized carbons (Fsp3) is 0.562. The molecule has 0 spiro atoms. The standard InChI is InChI=1S/C16H21NO2/c18-16(19)15-8-4-5-12-11-17(10-9-14(12)15)13-6-2-1-3-7-13/h4-5,8,13H,1-3,6-7,9-11H2,(H,18,19). The largest absolute Gasteiger partial charge is 0.478 e. The maximum Gasteiger partial charge on any atom is 0.335 e. The summed E-state index contributed by atoms with van der Waals surface area (Å²) in [5.41, 5.74) is 2.78. The molecule has 1 aliphatic heterocycles. The highest BCUT2D eigenvalue weighted by atomic mass is 16.4. The summed E-state index contributed by atoms with van der Waals surface area (Å²) in [6, 6.07) is 6.43. The summed E-state index contributed by atoms with van der Waals surface area (Å²) in [6.45, 7) is 1.95. The zero-order valence-corrected chi connectivity index (χ0v) is 11.3. The third-order valence-electron chi connectivity index (χ3n) is 4.62. The SMILES string of the molecule is O=C(O)c1cccc2c1CCN(C1CCCCC1)C2. The van der Waals surface area contributed by atoms with E-state index in [4.69, 9.17) is 0 Å². The van der Waals surface area contributed by atoms with Crippen LogP contribution in [0.3, 0.4) is 0 Å². The molecule has 1 aromatic rings. The molecular weight excluding hydrogens is 238 g/mol. The van der Waals surface area contributed by atoms with Crippen LogP contribution in [0.5, 0.6) is 0 Å². The van der Waals surface area contributed by atoms with Gasteiger partial charge in [0.1, 0.15) is 0 Å². The van der Waals surface area contributed by atoms with Gasteiger partial charge in [0, 0.05) is 19.1 Å². The third-order valence-corrected chi connectivity index (χ3v) is 4.62. The predicted molar refractivity (Wildman–Crippen MR) is 74.4 cm³/mol. The van der Waals surface area contributed by atoms with Crippen molar-refractivity contribution >= 4 is 5.97 Å². The molecule has 19 heavy (non-hydrogen) atoms. The third kappa shape index (κ3) is 2.52. The average molecular weight is 259 g/mol. The Morgan fingerprint density at radius 2 is 2.00 bits per heavy atom. The van der Waals surface area contributed by atoms with Gasteiger partial charge in [-0.05, 0) is 36.5 Å². The number of nitrogens with zero attached hydrogens (tertiary/aromatic N) is 1. The summed E-state index contributed by atoms with van der Waals surface area (Å²) in [5.74, 6) is -0.789. The van der Waals surface area contributed by atoms with Gasteiger partial charge in [-0.15, -0.1) is 0 Å². The monoisotopic (exact) mass is 259 g/mol. The molecule has 0 aromatic heterocycles. The zero-order valence-electron chi connectivity index (χ0n) is 11.3.